The number of nitrogen functional groups attached to an aromatic ring is 1. The number of benzene rings is 2. The molecule has 2 aromatic carbocycles. The van der Waals surface area contributed by atoms with E-state index in [1.54, 1.807) is 23.9 Å². The van der Waals surface area contributed by atoms with Crippen molar-refractivity contribution in [3.8, 4) is 0 Å². The van der Waals surface area contributed by atoms with Crippen molar-refractivity contribution in [3.63, 3.8) is 0 Å². The molecule has 2 aromatic rings. The molecule has 1 heterocycles. The van der Waals surface area contributed by atoms with Crippen molar-refractivity contribution < 1.29 is 9.90 Å². The highest BCUT2D eigenvalue weighted by molar-refractivity contribution is 8.04. The minimum absolute atomic E-state index is 0.00633. The molecule has 1 aliphatic heterocycles. The van der Waals surface area contributed by atoms with E-state index in [0.717, 1.165) is 27.3 Å². The Balaban J connectivity index is 1.82. The first kappa shape index (κ1) is 17.1. The van der Waals surface area contributed by atoms with Crippen LogP contribution < -0.4 is 11.5 Å². The number of hydrogen-bond acceptors (Lipinski definition) is 5. The number of thioether (sulfide) groups is 1. The number of allylic oxidation sites excluding steroid dienone is 1. The molecule has 0 amide bonds. The van der Waals surface area contributed by atoms with Crippen LogP contribution in [0.5, 0.6) is 0 Å². The highest BCUT2D eigenvalue weighted by Gasteiger charge is 2.30. The number of carbonyl (C=O) groups is 1. The summed E-state index contributed by atoms with van der Waals surface area (Å²) in [6, 6.07) is 14.7. The molecule has 0 saturated carbocycles. The Bertz CT molecular complexity index is 842. The SMILES string of the molecule is N=C1/C(=C(\N)c2ccc(N)cc2)SCC1c1ccc(CC(=O)O)cc1. The zero-order valence-corrected chi connectivity index (χ0v) is 14.3. The maximum atomic E-state index is 10.8. The van der Waals surface area contributed by atoms with Crippen LogP contribution in [0.4, 0.5) is 5.69 Å². The first-order valence-electron chi connectivity index (χ1n) is 7.83. The number of rotatable bonds is 4. The number of anilines is 1. The van der Waals surface area contributed by atoms with Gasteiger partial charge in [0.15, 0.2) is 0 Å². The van der Waals surface area contributed by atoms with Crippen molar-refractivity contribution in [2.45, 2.75) is 12.3 Å². The zero-order valence-electron chi connectivity index (χ0n) is 13.5. The highest BCUT2D eigenvalue weighted by atomic mass is 32.2. The van der Waals surface area contributed by atoms with Crippen molar-refractivity contribution in [3.05, 3.63) is 70.1 Å². The molecule has 0 spiro atoms. The summed E-state index contributed by atoms with van der Waals surface area (Å²) in [6.07, 6.45) is 0.00633. The lowest BCUT2D eigenvalue weighted by atomic mass is 9.93. The average molecular weight is 353 g/mol. The average Bonchev–Trinajstić information content (AvgIpc) is 2.97. The lowest BCUT2D eigenvalue weighted by molar-refractivity contribution is -0.136. The summed E-state index contributed by atoms with van der Waals surface area (Å²) in [5.74, 6) is -0.133. The van der Waals surface area contributed by atoms with Gasteiger partial charge in [0.1, 0.15) is 0 Å². The largest absolute Gasteiger partial charge is 0.481 e. The standard InChI is InChI=1S/C19H19N3O2S/c20-14-7-5-13(6-8-14)17(21)19-18(22)15(10-25-19)12-3-1-11(2-4-12)9-16(23)24/h1-8,15,22H,9-10,20-21H2,(H,23,24)/b19-17+,22-18?. The number of hydrogen-bond donors (Lipinski definition) is 4. The predicted molar refractivity (Wildman–Crippen MR) is 103 cm³/mol. The van der Waals surface area contributed by atoms with Crippen molar-refractivity contribution in [1.29, 1.82) is 5.41 Å². The van der Waals surface area contributed by atoms with Crippen LogP contribution in [0.1, 0.15) is 22.6 Å². The molecular weight excluding hydrogens is 334 g/mol. The minimum atomic E-state index is -0.849. The van der Waals surface area contributed by atoms with E-state index in [1.165, 1.54) is 0 Å². The van der Waals surface area contributed by atoms with E-state index < -0.39 is 5.97 Å². The molecule has 0 aromatic heterocycles. The van der Waals surface area contributed by atoms with Gasteiger partial charge in [0.2, 0.25) is 0 Å². The third-order valence-electron chi connectivity index (χ3n) is 4.19. The van der Waals surface area contributed by atoms with Crippen molar-refractivity contribution >= 4 is 34.8 Å². The monoisotopic (exact) mass is 353 g/mol. The quantitative estimate of drug-likeness (QED) is 0.631. The molecule has 1 unspecified atom stereocenters. The van der Waals surface area contributed by atoms with Crippen LogP contribution in [-0.4, -0.2) is 22.5 Å². The van der Waals surface area contributed by atoms with E-state index in [9.17, 15) is 4.79 Å². The van der Waals surface area contributed by atoms with Gasteiger partial charge in [0.25, 0.3) is 0 Å². The van der Waals surface area contributed by atoms with Crippen LogP contribution >= 0.6 is 11.8 Å². The van der Waals surface area contributed by atoms with Crippen LogP contribution in [-0.2, 0) is 11.2 Å². The number of nitrogens with two attached hydrogens (primary N) is 2. The third kappa shape index (κ3) is 3.69. The fourth-order valence-corrected chi connectivity index (χ4v) is 4.07. The second-order valence-corrected chi connectivity index (χ2v) is 6.98. The van der Waals surface area contributed by atoms with Crippen LogP contribution in [0, 0.1) is 5.41 Å². The second-order valence-electron chi connectivity index (χ2n) is 5.95. The molecule has 1 atom stereocenters. The second kappa shape index (κ2) is 7.03. The van der Waals surface area contributed by atoms with E-state index in [4.69, 9.17) is 22.0 Å². The Morgan fingerprint density at radius 1 is 1.16 bits per heavy atom. The Morgan fingerprint density at radius 3 is 2.40 bits per heavy atom. The molecule has 6 N–H and O–H groups in total. The molecule has 128 valence electrons. The van der Waals surface area contributed by atoms with Crippen LogP contribution in [0.3, 0.4) is 0 Å². The topological polar surface area (TPSA) is 113 Å². The summed E-state index contributed by atoms with van der Waals surface area (Å²) in [4.78, 5) is 11.6. The molecule has 0 bridgehead atoms. The summed E-state index contributed by atoms with van der Waals surface area (Å²) in [7, 11) is 0. The van der Waals surface area contributed by atoms with Crippen LogP contribution in [0.25, 0.3) is 5.70 Å². The number of nitrogens with one attached hydrogen (secondary N) is 1. The van der Waals surface area contributed by atoms with E-state index in [-0.39, 0.29) is 12.3 Å². The van der Waals surface area contributed by atoms with Crippen molar-refractivity contribution in [2.75, 3.05) is 11.5 Å². The maximum Gasteiger partial charge on any atom is 0.307 e. The molecule has 1 fully saturated rings. The van der Waals surface area contributed by atoms with Gasteiger partial charge in [-0.25, -0.2) is 0 Å². The summed E-state index contributed by atoms with van der Waals surface area (Å²) >= 11 is 1.58. The predicted octanol–water partition coefficient (Wildman–Crippen LogP) is 3.07. The fourth-order valence-electron chi connectivity index (χ4n) is 2.81. The molecule has 0 aliphatic carbocycles. The Labute approximate surface area is 150 Å². The van der Waals surface area contributed by atoms with Crippen LogP contribution in [0.2, 0.25) is 0 Å². The third-order valence-corrected chi connectivity index (χ3v) is 5.42. The number of carboxylic acids is 1. The van der Waals surface area contributed by atoms with Crippen molar-refractivity contribution in [2.24, 2.45) is 5.73 Å². The van der Waals surface area contributed by atoms with Gasteiger partial charge in [-0.3, -0.25) is 4.79 Å². The van der Waals surface area contributed by atoms with Gasteiger partial charge >= 0.3 is 5.97 Å². The first-order chi connectivity index (χ1) is 12.0. The molecule has 0 radical (unpaired) electrons. The molecule has 5 nitrogen and oxygen atoms in total. The maximum absolute atomic E-state index is 10.8. The summed E-state index contributed by atoms with van der Waals surface area (Å²) in [5.41, 5.74) is 16.4. The van der Waals surface area contributed by atoms with Gasteiger partial charge in [-0.15, -0.1) is 11.8 Å². The lowest BCUT2D eigenvalue weighted by Gasteiger charge is -2.11. The highest BCUT2D eigenvalue weighted by Crippen LogP contribution is 2.40. The van der Waals surface area contributed by atoms with Gasteiger partial charge in [-0.1, -0.05) is 36.4 Å². The molecule has 6 heteroatoms. The van der Waals surface area contributed by atoms with Crippen molar-refractivity contribution in [1.82, 2.24) is 0 Å². The molecule has 1 saturated heterocycles. The summed E-state index contributed by atoms with van der Waals surface area (Å²) in [5, 5.41) is 17.4. The van der Waals surface area contributed by atoms with E-state index in [0.29, 0.717) is 17.1 Å². The van der Waals surface area contributed by atoms with Gasteiger partial charge in [-0.05, 0) is 28.8 Å². The van der Waals surface area contributed by atoms with E-state index in [2.05, 4.69) is 0 Å². The van der Waals surface area contributed by atoms with E-state index >= 15 is 0 Å². The van der Waals surface area contributed by atoms with Gasteiger partial charge < -0.3 is 22.0 Å². The number of aliphatic carboxylic acids is 1. The smallest absolute Gasteiger partial charge is 0.307 e. The fraction of sp³-hybridized carbons (Fsp3) is 0.158. The number of carboxylic acid groups (broad SMARTS) is 1. The first-order valence-corrected chi connectivity index (χ1v) is 8.82. The molecule has 3 rings (SSSR count). The lowest BCUT2D eigenvalue weighted by Crippen LogP contribution is -2.11. The van der Waals surface area contributed by atoms with E-state index in [1.807, 2.05) is 36.4 Å². The normalized spacial score (nSPS) is 19.0. The molecular formula is C19H19N3O2S. The zero-order chi connectivity index (χ0) is 18.0. The molecule has 25 heavy (non-hydrogen) atoms. The minimum Gasteiger partial charge on any atom is -0.481 e. The van der Waals surface area contributed by atoms with Gasteiger partial charge in [0, 0.05) is 17.4 Å². The molecule has 1 aliphatic rings. The summed E-state index contributed by atoms with van der Waals surface area (Å²) in [6.45, 7) is 0. The van der Waals surface area contributed by atoms with Gasteiger partial charge in [-0.2, -0.15) is 0 Å². The summed E-state index contributed by atoms with van der Waals surface area (Å²) < 4.78 is 0. The van der Waals surface area contributed by atoms with Gasteiger partial charge in [0.05, 0.1) is 22.7 Å². The Hall–Kier alpha value is -2.73. The Morgan fingerprint density at radius 2 is 1.80 bits per heavy atom. The Kier molecular flexibility index (Phi) is 4.81. The van der Waals surface area contributed by atoms with Crippen LogP contribution in [0.15, 0.2) is 53.4 Å².